The third kappa shape index (κ3) is 6.44. The van der Waals surface area contributed by atoms with Gasteiger partial charge < -0.3 is 10.1 Å². The van der Waals surface area contributed by atoms with E-state index in [1.54, 1.807) is 29.8 Å². The lowest BCUT2D eigenvalue weighted by Gasteiger charge is -2.20. The third-order valence-corrected chi connectivity index (χ3v) is 7.16. The Morgan fingerprint density at radius 2 is 1.51 bits per heavy atom. The van der Waals surface area contributed by atoms with Crippen molar-refractivity contribution in [3.8, 4) is 16.9 Å². The van der Waals surface area contributed by atoms with Crippen LogP contribution in [-0.2, 0) is 11.2 Å². The second kappa shape index (κ2) is 12.5. The first-order valence-corrected chi connectivity index (χ1v) is 13.8. The number of nitrogens with one attached hydrogen (secondary N) is 1. The number of nitrogens with zero attached hydrogens (tertiary/aromatic N) is 2. The predicted octanol–water partition coefficient (Wildman–Crippen LogP) is 7.05. The minimum absolute atomic E-state index is 0.164. The van der Waals surface area contributed by atoms with Crippen LogP contribution in [-0.4, -0.2) is 28.3 Å². The Kier molecular flexibility index (Phi) is 8.39. The van der Waals surface area contributed by atoms with E-state index in [4.69, 9.17) is 4.74 Å². The molecule has 0 aliphatic carbocycles. The van der Waals surface area contributed by atoms with Crippen LogP contribution in [0, 0.1) is 13.8 Å². The minimum Gasteiger partial charge on any atom is -0.461 e. The standard InChI is InChI=1S/C35H33N3O3/c1-4-41-35(40)32-23-33(29-16-15-24(2)25(3)21-29)38(37-32)30-19-17-28(18-20-30)34(39)36-31(27-13-9-6-10-14-27)22-26-11-7-5-8-12-26/h5-21,23,31H,4,22H2,1-3H3,(H,36,39). The molecule has 206 valence electrons. The van der Waals surface area contributed by atoms with Crippen molar-refractivity contribution in [3.05, 3.63) is 143 Å². The summed E-state index contributed by atoms with van der Waals surface area (Å²) in [5.74, 6) is -0.638. The van der Waals surface area contributed by atoms with Crippen LogP contribution in [0.2, 0.25) is 0 Å². The van der Waals surface area contributed by atoms with E-state index < -0.39 is 5.97 Å². The van der Waals surface area contributed by atoms with Crippen molar-refractivity contribution in [1.29, 1.82) is 0 Å². The van der Waals surface area contributed by atoms with E-state index in [0.717, 1.165) is 33.6 Å². The van der Waals surface area contributed by atoms with Gasteiger partial charge in [0.2, 0.25) is 0 Å². The molecular formula is C35H33N3O3. The Morgan fingerprint density at radius 3 is 2.17 bits per heavy atom. The summed E-state index contributed by atoms with van der Waals surface area (Å²) < 4.78 is 6.93. The van der Waals surface area contributed by atoms with Crippen molar-refractivity contribution in [2.24, 2.45) is 0 Å². The number of amides is 1. The van der Waals surface area contributed by atoms with E-state index in [-0.39, 0.29) is 24.2 Å². The van der Waals surface area contributed by atoms with E-state index in [2.05, 4.69) is 48.5 Å². The van der Waals surface area contributed by atoms with Gasteiger partial charge in [-0.2, -0.15) is 5.10 Å². The van der Waals surface area contributed by atoms with Crippen molar-refractivity contribution in [3.63, 3.8) is 0 Å². The van der Waals surface area contributed by atoms with Crippen LogP contribution in [0.25, 0.3) is 16.9 Å². The largest absolute Gasteiger partial charge is 0.461 e. The Bertz CT molecular complexity index is 1640. The highest BCUT2D eigenvalue weighted by molar-refractivity contribution is 5.94. The molecule has 0 aliphatic rings. The molecule has 1 aromatic heterocycles. The smallest absolute Gasteiger partial charge is 0.358 e. The third-order valence-electron chi connectivity index (χ3n) is 7.16. The normalized spacial score (nSPS) is 11.6. The van der Waals surface area contributed by atoms with Crippen molar-refractivity contribution >= 4 is 11.9 Å². The van der Waals surface area contributed by atoms with Crippen molar-refractivity contribution in [2.45, 2.75) is 33.2 Å². The number of hydrogen-bond donors (Lipinski definition) is 1. The molecule has 5 rings (SSSR count). The number of hydrogen-bond acceptors (Lipinski definition) is 4. The van der Waals surface area contributed by atoms with E-state index in [1.807, 2.05) is 66.7 Å². The van der Waals surface area contributed by atoms with Crippen molar-refractivity contribution in [2.75, 3.05) is 6.61 Å². The molecule has 4 aromatic carbocycles. The summed E-state index contributed by atoms with van der Waals surface area (Å²) in [4.78, 5) is 25.9. The van der Waals surface area contributed by atoms with Gasteiger partial charge in [0, 0.05) is 11.1 Å². The van der Waals surface area contributed by atoms with Gasteiger partial charge in [-0.05, 0) is 85.8 Å². The van der Waals surface area contributed by atoms with Gasteiger partial charge >= 0.3 is 5.97 Å². The molecule has 0 radical (unpaired) electrons. The molecule has 0 spiro atoms. The molecule has 1 amide bonds. The average molecular weight is 544 g/mol. The summed E-state index contributed by atoms with van der Waals surface area (Å²) in [7, 11) is 0. The summed E-state index contributed by atoms with van der Waals surface area (Å²) in [6.45, 7) is 6.15. The SMILES string of the molecule is CCOC(=O)c1cc(-c2ccc(C)c(C)c2)n(-c2ccc(C(=O)NC(Cc3ccccc3)c3ccccc3)cc2)n1. The molecule has 0 fully saturated rings. The molecule has 0 aliphatic heterocycles. The van der Waals surface area contributed by atoms with Gasteiger partial charge in [0.05, 0.1) is 24.0 Å². The van der Waals surface area contributed by atoms with Gasteiger partial charge in [0.1, 0.15) is 0 Å². The lowest BCUT2D eigenvalue weighted by Crippen LogP contribution is -2.30. The first-order chi connectivity index (χ1) is 19.9. The minimum atomic E-state index is -0.474. The van der Waals surface area contributed by atoms with Crippen LogP contribution in [0.15, 0.2) is 109 Å². The van der Waals surface area contributed by atoms with Crippen LogP contribution in [0.3, 0.4) is 0 Å². The highest BCUT2D eigenvalue weighted by Crippen LogP contribution is 2.27. The molecule has 1 N–H and O–H groups in total. The lowest BCUT2D eigenvalue weighted by atomic mass is 9.98. The number of aryl methyl sites for hydroxylation is 2. The number of ether oxygens (including phenoxy) is 1. The number of esters is 1. The molecule has 5 aromatic rings. The molecular weight excluding hydrogens is 510 g/mol. The summed E-state index contributed by atoms with van der Waals surface area (Å²) >= 11 is 0. The van der Waals surface area contributed by atoms with Crippen LogP contribution in [0.1, 0.15) is 56.1 Å². The zero-order valence-electron chi connectivity index (χ0n) is 23.5. The van der Waals surface area contributed by atoms with E-state index >= 15 is 0 Å². The fraction of sp³-hybridized carbons (Fsp3) is 0.171. The molecule has 0 bridgehead atoms. The van der Waals surface area contributed by atoms with Gasteiger partial charge in [0.15, 0.2) is 5.69 Å². The fourth-order valence-corrected chi connectivity index (χ4v) is 4.77. The van der Waals surface area contributed by atoms with Gasteiger partial charge in [0.25, 0.3) is 5.91 Å². The maximum Gasteiger partial charge on any atom is 0.358 e. The van der Waals surface area contributed by atoms with Crippen molar-refractivity contribution in [1.82, 2.24) is 15.1 Å². The van der Waals surface area contributed by atoms with Gasteiger partial charge in [-0.3, -0.25) is 4.79 Å². The van der Waals surface area contributed by atoms with Crippen LogP contribution in [0.5, 0.6) is 0 Å². The monoisotopic (exact) mass is 543 g/mol. The highest BCUT2D eigenvalue weighted by Gasteiger charge is 2.20. The Labute approximate surface area is 240 Å². The Balaban J connectivity index is 1.43. The summed E-state index contributed by atoms with van der Waals surface area (Å²) in [5.41, 5.74) is 7.71. The van der Waals surface area contributed by atoms with E-state index in [0.29, 0.717) is 12.0 Å². The Morgan fingerprint density at radius 1 is 0.829 bits per heavy atom. The van der Waals surface area contributed by atoms with E-state index in [9.17, 15) is 9.59 Å². The number of carbonyl (C=O) groups is 2. The van der Waals surface area contributed by atoms with Gasteiger partial charge in [-0.25, -0.2) is 9.48 Å². The molecule has 6 nitrogen and oxygen atoms in total. The fourth-order valence-electron chi connectivity index (χ4n) is 4.77. The topological polar surface area (TPSA) is 73.2 Å². The maximum atomic E-state index is 13.4. The zero-order chi connectivity index (χ0) is 28.8. The molecule has 1 unspecified atom stereocenters. The van der Waals surface area contributed by atoms with Gasteiger partial charge in [-0.1, -0.05) is 72.8 Å². The van der Waals surface area contributed by atoms with Gasteiger partial charge in [-0.15, -0.1) is 0 Å². The van der Waals surface area contributed by atoms with Crippen molar-refractivity contribution < 1.29 is 14.3 Å². The molecule has 0 saturated carbocycles. The highest BCUT2D eigenvalue weighted by atomic mass is 16.5. The second-order valence-electron chi connectivity index (χ2n) is 10.0. The molecule has 41 heavy (non-hydrogen) atoms. The first kappa shape index (κ1) is 27.6. The molecule has 6 heteroatoms. The summed E-state index contributed by atoms with van der Waals surface area (Å²) in [6.07, 6.45) is 0.678. The zero-order valence-corrected chi connectivity index (χ0v) is 23.5. The Hall–Kier alpha value is -4.97. The lowest BCUT2D eigenvalue weighted by molar-refractivity contribution is 0.0518. The molecule has 0 saturated heterocycles. The predicted molar refractivity (Wildman–Crippen MR) is 161 cm³/mol. The molecule has 1 atom stereocenters. The average Bonchev–Trinajstić information content (AvgIpc) is 3.45. The number of carbonyl (C=O) groups excluding carboxylic acids is 2. The van der Waals surface area contributed by atoms with Crippen LogP contribution in [0.4, 0.5) is 0 Å². The van der Waals surface area contributed by atoms with Crippen LogP contribution < -0.4 is 5.32 Å². The quantitative estimate of drug-likeness (QED) is 0.202. The number of aromatic nitrogens is 2. The van der Waals surface area contributed by atoms with Crippen LogP contribution >= 0.6 is 0 Å². The second-order valence-corrected chi connectivity index (χ2v) is 10.0. The van der Waals surface area contributed by atoms with E-state index in [1.165, 1.54) is 5.56 Å². The number of rotatable bonds is 9. The summed E-state index contributed by atoms with van der Waals surface area (Å²) in [6, 6.07) is 35.1. The summed E-state index contributed by atoms with van der Waals surface area (Å²) in [5, 5.41) is 7.80. The number of benzene rings is 4. The first-order valence-electron chi connectivity index (χ1n) is 13.8. The molecule has 1 heterocycles. The maximum absolute atomic E-state index is 13.4.